The van der Waals surface area contributed by atoms with Crippen molar-refractivity contribution in [1.82, 2.24) is 9.91 Å². The zero-order valence-electron chi connectivity index (χ0n) is 17.6. The Balaban J connectivity index is 1.53. The summed E-state index contributed by atoms with van der Waals surface area (Å²) in [6.45, 7) is 4.93. The second-order valence-electron chi connectivity index (χ2n) is 7.81. The van der Waals surface area contributed by atoms with Gasteiger partial charge in [-0.15, -0.1) is 0 Å². The molecule has 1 aliphatic heterocycles. The lowest BCUT2D eigenvalue weighted by Gasteiger charge is -2.28. The van der Waals surface area contributed by atoms with E-state index >= 15 is 0 Å². The van der Waals surface area contributed by atoms with Crippen LogP contribution in [0.5, 0.6) is 0 Å². The number of furan rings is 2. The van der Waals surface area contributed by atoms with Crippen molar-refractivity contribution in [3.63, 3.8) is 0 Å². The predicted octanol–water partition coefficient (Wildman–Crippen LogP) is 4.33. The summed E-state index contributed by atoms with van der Waals surface area (Å²) in [7, 11) is 0. The molecule has 2 aromatic heterocycles. The number of carbonyl (C=O) groups is 1. The number of hydrogen-bond acceptors (Lipinski definition) is 6. The third-order valence-electron chi connectivity index (χ3n) is 5.38. The first-order chi connectivity index (χ1) is 15.0. The lowest BCUT2D eigenvalue weighted by Crippen LogP contribution is -2.41. The highest BCUT2D eigenvalue weighted by atomic mass is 16.3. The van der Waals surface area contributed by atoms with Crippen molar-refractivity contribution in [3.05, 3.63) is 83.7 Å². The third-order valence-corrected chi connectivity index (χ3v) is 5.38. The maximum absolute atomic E-state index is 13.3. The standard InChI is InChI=1S/C24H24N4O3/c1-17(2)27(15-19-9-7-18(14-25)8-10-19)16-24(29)28-21(23-6-4-12-31-23)13-20(26-28)22-5-3-11-30-22/h3-12,17,21H,13,15-16H2,1-2H3. The monoisotopic (exact) mass is 416 g/mol. The summed E-state index contributed by atoms with van der Waals surface area (Å²) in [5.74, 6) is 1.25. The van der Waals surface area contributed by atoms with Crippen LogP contribution in [-0.2, 0) is 11.3 Å². The van der Waals surface area contributed by atoms with E-state index in [9.17, 15) is 4.79 Å². The summed E-state index contributed by atoms with van der Waals surface area (Å²) in [6.07, 6.45) is 3.74. The molecule has 1 atom stereocenters. The van der Waals surface area contributed by atoms with E-state index in [1.165, 1.54) is 5.01 Å². The number of amides is 1. The molecule has 0 aliphatic carbocycles. The van der Waals surface area contributed by atoms with Crippen molar-refractivity contribution >= 4 is 11.6 Å². The first kappa shape index (κ1) is 20.6. The number of nitriles is 1. The minimum absolute atomic E-state index is 0.106. The van der Waals surface area contributed by atoms with Crippen LogP contribution < -0.4 is 0 Å². The summed E-state index contributed by atoms with van der Waals surface area (Å²) in [4.78, 5) is 15.4. The molecule has 31 heavy (non-hydrogen) atoms. The fourth-order valence-electron chi connectivity index (χ4n) is 3.62. The van der Waals surface area contributed by atoms with Gasteiger partial charge in [-0.3, -0.25) is 9.69 Å². The Bertz CT molecular complexity index is 1080. The second kappa shape index (κ2) is 9.02. The van der Waals surface area contributed by atoms with Gasteiger partial charge in [0.25, 0.3) is 5.91 Å². The van der Waals surface area contributed by atoms with E-state index in [0.717, 1.165) is 11.3 Å². The van der Waals surface area contributed by atoms with E-state index in [1.807, 2.05) is 36.4 Å². The lowest BCUT2D eigenvalue weighted by molar-refractivity contribution is -0.135. The average molecular weight is 416 g/mol. The van der Waals surface area contributed by atoms with Crippen LogP contribution >= 0.6 is 0 Å². The number of benzene rings is 1. The van der Waals surface area contributed by atoms with Crippen LogP contribution in [0.1, 0.15) is 49.0 Å². The smallest absolute Gasteiger partial charge is 0.257 e. The molecule has 0 bridgehead atoms. The van der Waals surface area contributed by atoms with Crippen LogP contribution in [0, 0.1) is 11.3 Å². The van der Waals surface area contributed by atoms with E-state index in [0.29, 0.717) is 30.0 Å². The van der Waals surface area contributed by atoms with E-state index in [-0.39, 0.29) is 24.5 Å². The maximum atomic E-state index is 13.3. The highest BCUT2D eigenvalue weighted by Crippen LogP contribution is 2.33. The van der Waals surface area contributed by atoms with Gasteiger partial charge in [0.1, 0.15) is 23.3 Å². The molecule has 0 N–H and O–H groups in total. The van der Waals surface area contributed by atoms with Crippen molar-refractivity contribution < 1.29 is 13.6 Å². The Morgan fingerprint density at radius 3 is 2.55 bits per heavy atom. The van der Waals surface area contributed by atoms with Crippen LogP contribution in [0.25, 0.3) is 0 Å². The highest BCUT2D eigenvalue weighted by molar-refractivity contribution is 6.01. The number of rotatable bonds is 7. The van der Waals surface area contributed by atoms with Crippen molar-refractivity contribution in [3.8, 4) is 6.07 Å². The van der Waals surface area contributed by atoms with Crippen molar-refractivity contribution in [2.45, 2.75) is 38.9 Å². The molecule has 158 valence electrons. The summed E-state index contributed by atoms with van der Waals surface area (Å²) in [5.41, 5.74) is 2.39. The minimum atomic E-state index is -0.300. The lowest BCUT2D eigenvalue weighted by atomic mass is 10.1. The topological polar surface area (TPSA) is 86.0 Å². The molecule has 1 aromatic carbocycles. The zero-order valence-corrected chi connectivity index (χ0v) is 17.6. The van der Waals surface area contributed by atoms with Gasteiger partial charge in [0.2, 0.25) is 0 Å². The van der Waals surface area contributed by atoms with E-state index in [1.54, 1.807) is 24.7 Å². The van der Waals surface area contributed by atoms with Gasteiger partial charge in [0.15, 0.2) is 0 Å². The normalized spacial score (nSPS) is 16.0. The number of carbonyl (C=O) groups excluding carboxylic acids is 1. The van der Waals surface area contributed by atoms with Crippen molar-refractivity contribution in [1.29, 1.82) is 5.26 Å². The summed E-state index contributed by atoms with van der Waals surface area (Å²) in [6, 6.07) is 16.7. The second-order valence-corrected chi connectivity index (χ2v) is 7.81. The number of hydrogen-bond donors (Lipinski definition) is 0. The van der Waals surface area contributed by atoms with E-state index in [4.69, 9.17) is 14.1 Å². The van der Waals surface area contributed by atoms with Crippen LogP contribution in [0.4, 0.5) is 0 Å². The first-order valence-corrected chi connectivity index (χ1v) is 10.2. The fourth-order valence-corrected chi connectivity index (χ4v) is 3.62. The Kier molecular flexibility index (Phi) is 6.01. The SMILES string of the molecule is CC(C)N(CC(=O)N1N=C(c2ccco2)CC1c1ccco1)Cc1ccc(C#N)cc1. The van der Waals surface area contributed by atoms with Crippen molar-refractivity contribution in [2.24, 2.45) is 5.10 Å². The van der Waals surface area contributed by atoms with Gasteiger partial charge < -0.3 is 8.83 Å². The number of hydrazone groups is 1. The molecule has 1 aliphatic rings. The van der Waals surface area contributed by atoms with Gasteiger partial charge in [0, 0.05) is 19.0 Å². The molecule has 0 radical (unpaired) electrons. The molecular weight excluding hydrogens is 392 g/mol. The summed E-state index contributed by atoms with van der Waals surface area (Å²) >= 11 is 0. The average Bonchev–Trinajstić information content (AvgIpc) is 3.54. The van der Waals surface area contributed by atoms with Gasteiger partial charge in [-0.2, -0.15) is 10.4 Å². The van der Waals surface area contributed by atoms with Crippen molar-refractivity contribution in [2.75, 3.05) is 6.54 Å². The highest BCUT2D eigenvalue weighted by Gasteiger charge is 2.36. The van der Waals surface area contributed by atoms with Gasteiger partial charge in [-0.1, -0.05) is 12.1 Å². The van der Waals surface area contributed by atoms with E-state index in [2.05, 4.69) is 29.9 Å². The van der Waals surface area contributed by atoms with Crippen LogP contribution in [0.15, 0.2) is 75.0 Å². The first-order valence-electron chi connectivity index (χ1n) is 10.2. The quantitative estimate of drug-likeness (QED) is 0.572. The molecule has 0 saturated carbocycles. The molecular formula is C24H24N4O3. The molecule has 1 amide bonds. The fraction of sp³-hybridized carbons (Fsp3) is 0.292. The van der Waals surface area contributed by atoms with Crippen LogP contribution in [0.2, 0.25) is 0 Å². The number of nitrogens with zero attached hydrogens (tertiary/aromatic N) is 4. The van der Waals surface area contributed by atoms with Gasteiger partial charge in [-0.05, 0) is 55.8 Å². The minimum Gasteiger partial charge on any atom is -0.467 e. The van der Waals surface area contributed by atoms with Crippen LogP contribution in [-0.4, -0.2) is 34.1 Å². The van der Waals surface area contributed by atoms with Gasteiger partial charge >= 0.3 is 0 Å². The van der Waals surface area contributed by atoms with Gasteiger partial charge in [-0.25, -0.2) is 5.01 Å². The Labute approximate surface area is 181 Å². The molecule has 3 aromatic rings. The third kappa shape index (κ3) is 4.60. The molecule has 7 heteroatoms. The molecule has 3 heterocycles. The zero-order chi connectivity index (χ0) is 21.8. The Morgan fingerprint density at radius 1 is 1.19 bits per heavy atom. The molecule has 0 fully saturated rings. The van der Waals surface area contributed by atoms with Gasteiger partial charge in [0.05, 0.1) is 30.7 Å². The molecule has 7 nitrogen and oxygen atoms in total. The van der Waals surface area contributed by atoms with Crippen LogP contribution in [0.3, 0.4) is 0 Å². The predicted molar refractivity (Wildman–Crippen MR) is 115 cm³/mol. The molecule has 4 rings (SSSR count). The summed E-state index contributed by atoms with van der Waals surface area (Å²) < 4.78 is 11.1. The maximum Gasteiger partial charge on any atom is 0.257 e. The van der Waals surface area contributed by atoms with E-state index < -0.39 is 0 Å². The molecule has 1 unspecified atom stereocenters. The Morgan fingerprint density at radius 2 is 1.94 bits per heavy atom. The largest absolute Gasteiger partial charge is 0.467 e. The molecule has 0 spiro atoms. The summed E-state index contributed by atoms with van der Waals surface area (Å²) in [5, 5.41) is 15.1. The Hall–Kier alpha value is -3.63. The molecule has 0 saturated heterocycles.